The molecule has 0 bridgehead atoms. The Kier molecular flexibility index (Phi) is 6.22. The van der Waals surface area contributed by atoms with Crippen LogP contribution in [0.4, 0.5) is 0 Å². The largest absolute Gasteiger partial charge is 0.354 e. The molecule has 2 rings (SSSR count). The van der Waals surface area contributed by atoms with Crippen LogP contribution in [0.3, 0.4) is 0 Å². The molecule has 1 aliphatic heterocycles. The Morgan fingerprint density at radius 3 is 2.71 bits per heavy atom. The minimum atomic E-state index is -0.136. The average Bonchev–Trinajstić information content (AvgIpc) is 2.54. The summed E-state index contributed by atoms with van der Waals surface area (Å²) in [5, 5.41) is 8.72. The third kappa shape index (κ3) is 5.55. The lowest BCUT2D eigenvalue weighted by molar-refractivity contribution is -0.128. The fourth-order valence-corrected chi connectivity index (χ4v) is 2.44. The molecule has 1 aliphatic rings. The van der Waals surface area contributed by atoms with Crippen molar-refractivity contribution in [2.75, 3.05) is 26.2 Å². The summed E-state index contributed by atoms with van der Waals surface area (Å²) in [6.07, 6.45) is 2.71. The maximum atomic E-state index is 11.9. The van der Waals surface area contributed by atoms with Crippen molar-refractivity contribution in [3.05, 3.63) is 35.9 Å². The lowest BCUT2D eigenvalue weighted by Crippen LogP contribution is -2.44. The van der Waals surface area contributed by atoms with E-state index in [1.54, 1.807) is 0 Å². The first-order chi connectivity index (χ1) is 10.3. The topological polar surface area (TPSA) is 70.2 Å². The number of carbonyl (C=O) groups excluding carboxylic acids is 2. The van der Waals surface area contributed by atoms with Crippen LogP contribution < -0.4 is 16.0 Å². The molecule has 1 atom stereocenters. The van der Waals surface area contributed by atoms with Gasteiger partial charge in [0, 0.05) is 13.1 Å². The SMILES string of the molecule is O=C(CNC(=O)C1CCCNC1)NCCc1ccccc1. The van der Waals surface area contributed by atoms with Crippen LogP contribution in [0.5, 0.6) is 0 Å². The number of nitrogens with one attached hydrogen (secondary N) is 3. The summed E-state index contributed by atoms with van der Waals surface area (Å²) in [5.41, 5.74) is 1.19. The number of amides is 2. The highest BCUT2D eigenvalue weighted by Crippen LogP contribution is 2.09. The number of benzene rings is 1. The normalized spacial score (nSPS) is 18.0. The molecule has 1 aromatic rings. The number of carbonyl (C=O) groups is 2. The van der Waals surface area contributed by atoms with E-state index in [2.05, 4.69) is 16.0 Å². The third-order valence-corrected chi connectivity index (χ3v) is 3.67. The van der Waals surface area contributed by atoms with Crippen LogP contribution in [0.25, 0.3) is 0 Å². The molecule has 0 saturated carbocycles. The molecule has 2 amide bonds. The van der Waals surface area contributed by atoms with Gasteiger partial charge < -0.3 is 16.0 Å². The zero-order valence-electron chi connectivity index (χ0n) is 12.2. The molecule has 1 unspecified atom stereocenters. The fraction of sp³-hybridized carbons (Fsp3) is 0.500. The van der Waals surface area contributed by atoms with Crippen molar-refractivity contribution >= 4 is 11.8 Å². The summed E-state index contributed by atoms with van der Waals surface area (Å²) in [7, 11) is 0. The van der Waals surface area contributed by atoms with E-state index in [9.17, 15) is 9.59 Å². The summed E-state index contributed by atoms with van der Waals surface area (Å²) in [6, 6.07) is 10.00. The molecule has 0 radical (unpaired) electrons. The molecule has 1 heterocycles. The molecule has 1 fully saturated rings. The van der Waals surface area contributed by atoms with Gasteiger partial charge in [0.25, 0.3) is 0 Å². The quantitative estimate of drug-likeness (QED) is 0.712. The van der Waals surface area contributed by atoms with Gasteiger partial charge in [0.05, 0.1) is 12.5 Å². The zero-order chi connectivity index (χ0) is 14.9. The average molecular weight is 289 g/mol. The molecule has 0 aliphatic carbocycles. The summed E-state index contributed by atoms with van der Waals surface area (Å²) >= 11 is 0. The summed E-state index contributed by atoms with van der Waals surface area (Å²) < 4.78 is 0. The first-order valence-corrected chi connectivity index (χ1v) is 7.55. The van der Waals surface area contributed by atoms with Crippen molar-refractivity contribution in [1.82, 2.24) is 16.0 Å². The van der Waals surface area contributed by atoms with E-state index in [1.165, 1.54) is 5.56 Å². The smallest absolute Gasteiger partial charge is 0.239 e. The van der Waals surface area contributed by atoms with E-state index in [0.29, 0.717) is 13.1 Å². The fourth-order valence-electron chi connectivity index (χ4n) is 2.44. The van der Waals surface area contributed by atoms with E-state index in [0.717, 1.165) is 25.8 Å². The van der Waals surface area contributed by atoms with E-state index in [1.807, 2.05) is 30.3 Å². The van der Waals surface area contributed by atoms with Gasteiger partial charge in [-0.2, -0.15) is 0 Å². The number of hydrogen-bond acceptors (Lipinski definition) is 3. The van der Waals surface area contributed by atoms with Crippen LogP contribution in [0, 0.1) is 5.92 Å². The minimum Gasteiger partial charge on any atom is -0.354 e. The van der Waals surface area contributed by atoms with Crippen molar-refractivity contribution < 1.29 is 9.59 Å². The van der Waals surface area contributed by atoms with Gasteiger partial charge in [0.15, 0.2) is 0 Å². The van der Waals surface area contributed by atoms with Crippen LogP contribution in [0.15, 0.2) is 30.3 Å². The lowest BCUT2D eigenvalue weighted by Gasteiger charge is -2.21. The van der Waals surface area contributed by atoms with Crippen LogP contribution in [0.2, 0.25) is 0 Å². The van der Waals surface area contributed by atoms with Crippen molar-refractivity contribution in [3.8, 4) is 0 Å². The number of piperidine rings is 1. The Morgan fingerprint density at radius 1 is 1.19 bits per heavy atom. The highest BCUT2D eigenvalue weighted by atomic mass is 16.2. The van der Waals surface area contributed by atoms with E-state index >= 15 is 0 Å². The maximum absolute atomic E-state index is 11.9. The second-order valence-electron chi connectivity index (χ2n) is 5.35. The van der Waals surface area contributed by atoms with Crippen LogP contribution in [0.1, 0.15) is 18.4 Å². The molecular weight excluding hydrogens is 266 g/mol. The van der Waals surface area contributed by atoms with Crippen molar-refractivity contribution in [3.63, 3.8) is 0 Å². The standard InChI is InChI=1S/C16H23N3O2/c20-15(18-10-8-13-5-2-1-3-6-13)12-19-16(21)14-7-4-9-17-11-14/h1-3,5-6,14,17H,4,7-12H2,(H,18,20)(H,19,21). The second kappa shape index (κ2) is 8.42. The van der Waals surface area contributed by atoms with Gasteiger partial charge in [-0.25, -0.2) is 0 Å². The van der Waals surface area contributed by atoms with Crippen LogP contribution >= 0.6 is 0 Å². The molecule has 114 valence electrons. The van der Waals surface area contributed by atoms with Gasteiger partial charge >= 0.3 is 0 Å². The summed E-state index contributed by atoms with van der Waals surface area (Å²) in [6.45, 7) is 2.33. The van der Waals surface area contributed by atoms with Crippen LogP contribution in [-0.2, 0) is 16.0 Å². The predicted molar refractivity (Wildman–Crippen MR) is 81.8 cm³/mol. The second-order valence-corrected chi connectivity index (χ2v) is 5.35. The Hall–Kier alpha value is -1.88. The molecule has 0 aromatic heterocycles. The molecule has 5 heteroatoms. The predicted octanol–water partition coefficient (Wildman–Crippen LogP) is 0.461. The van der Waals surface area contributed by atoms with Gasteiger partial charge in [0.1, 0.15) is 0 Å². The molecular formula is C16H23N3O2. The molecule has 1 aromatic carbocycles. The zero-order valence-corrected chi connectivity index (χ0v) is 12.2. The number of hydrogen-bond donors (Lipinski definition) is 3. The molecule has 3 N–H and O–H groups in total. The molecule has 21 heavy (non-hydrogen) atoms. The Labute approximate surface area is 125 Å². The van der Waals surface area contributed by atoms with Gasteiger partial charge in [0.2, 0.25) is 11.8 Å². The van der Waals surface area contributed by atoms with Gasteiger partial charge in [-0.15, -0.1) is 0 Å². The minimum absolute atomic E-state index is 0.00383. The van der Waals surface area contributed by atoms with E-state index in [-0.39, 0.29) is 24.3 Å². The number of rotatable bonds is 6. The monoisotopic (exact) mass is 289 g/mol. The van der Waals surface area contributed by atoms with E-state index in [4.69, 9.17) is 0 Å². The van der Waals surface area contributed by atoms with E-state index < -0.39 is 0 Å². The Morgan fingerprint density at radius 2 is 2.00 bits per heavy atom. The maximum Gasteiger partial charge on any atom is 0.239 e. The van der Waals surface area contributed by atoms with Gasteiger partial charge in [-0.1, -0.05) is 30.3 Å². The molecule has 1 saturated heterocycles. The van der Waals surface area contributed by atoms with Crippen molar-refractivity contribution in [2.45, 2.75) is 19.3 Å². The highest BCUT2D eigenvalue weighted by Gasteiger charge is 2.20. The third-order valence-electron chi connectivity index (χ3n) is 3.67. The van der Waals surface area contributed by atoms with Crippen molar-refractivity contribution in [2.24, 2.45) is 5.92 Å². The Balaban J connectivity index is 1.60. The first kappa shape index (κ1) is 15.5. The van der Waals surface area contributed by atoms with Crippen molar-refractivity contribution in [1.29, 1.82) is 0 Å². The lowest BCUT2D eigenvalue weighted by atomic mass is 9.99. The summed E-state index contributed by atoms with van der Waals surface area (Å²) in [5.74, 6) is -0.167. The van der Waals surface area contributed by atoms with Gasteiger partial charge in [-0.3, -0.25) is 9.59 Å². The highest BCUT2D eigenvalue weighted by molar-refractivity contribution is 5.85. The van der Waals surface area contributed by atoms with Gasteiger partial charge in [-0.05, 0) is 31.4 Å². The molecule has 5 nitrogen and oxygen atoms in total. The van der Waals surface area contributed by atoms with Crippen LogP contribution in [-0.4, -0.2) is 38.0 Å². The molecule has 0 spiro atoms. The summed E-state index contributed by atoms with van der Waals surface area (Å²) in [4.78, 5) is 23.5. The first-order valence-electron chi connectivity index (χ1n) is 7.55. The Bertz CT molecular complexity index is 456.